The molecule has 1 aliphatic heterocycles. The van der Waals surface area contributed by atoms with Gasteiger partial charge in [0, 0.05) is 38.3 Å². The maximum Gasteiger partial charge on any atom is 0.254 e. The van der Waals surface area contributed by atoms with Crippen LogP contribution in [0.3, 0.4) is 0 Å². The highest BCUT2D eigenvalue weighted by molar-refractivity contribution is 5.95. The van der Waals surface area contributed by atoms with Gasteiger partial charge in [-0.05, 0) is 42.5 Å². The number of benzene rings is 2. The van der Waals surface area contributed by atoms with Gasteiger partial charge in [-0.3, -0.25) is 9.69 Å². The van der Waals surface area contributed by atoms with Crippen LogP contribution in [-0.2, 0) is 6.54 Å². The summed E-state index contributed by atoms with van der Waals surface area (Å²) in [5, 5.41) is 0. The number of amides is 1. The van der Waals surface area contributed by atoms with Crippen LogP contribution in [0.5, 0.6) is 11.5 Å². The van der Waals surface area contributed by atoms with Gasteiger partial charge in [0.25, 0.3) is 5.91 Å². The van der Waals surface area contributed by atoms with E-state index >= 15 is 0 Å². The van der Waals surface area contributed by atoms with Gasteiger partial charge in [-0.1, -0.05) is 44.2 Å². The third kappa shape index (κ3) is 6.23. The fraction of sp³-hybridized carbons (Fsp3) is 0.480. The van der Waals surface area contributed by atoms with Crippen molar-refractivity contribution < 1.29 is 14.3 Å². The predicted octanol–water partition coefficient (Wildman–Crippen LogP) is 4.47. The zero-order valence-electron chi connectivity index (χ0n) is 18.5. The summed E-state index contributed by atoms with van der Waals surface area (Å²) in [7, 11) is 1.62. The molecule has 1 saturated heterocycles. The first kappa shape index (κ1) is 22.2. The number of methoxy groups -OCH3 is 1. The van der Waals surface area contributed by atoms with E-state index in [1.807, 2.05) is 23.1 Å². The van der Waals surface area contributed by atoms with Crippen molar-refractivity contribution in [2.24, 2.45) is 5.92 Å². The fourth-order valence-corrected chi connectivity index (χ4v) is 3.68. The lowest BCUT2D eigenvalue weighted by molar-refractivity contribution is 0.0760. The molecular formula is C25H34N2O3. The minimum Gasteiger partial charge on any atom is -0.493 e. The zero-order valence-corrected chi connectivity index (χ0v) is 18.5. The molecule has 0 aromatic heterocycles. The Bertz CT molecular complexity index is 807. The van der Waals surface area contributed by atoms with Gasteiger partial charge >= 0.3 is 0 Å². The molecule has 162 valence electrons. The van der Waals surface area contributed by atoms with Gasteiger partial charge in [0.1, 0.15) is 0 Å². The van der Waals surface area contributed by atoms with Gasteiger partial charge < -0.3 is 14.4 Å². The number of rotatable bonds is 8. The van der Waals surface area contributed by atoms with E-state index in [0.717, 1.165) is 45.6 Å². The van der Waals surface area contributed by atoms with Crippen molar-refractivity contribution in [1.29, 1.82) is 0 Å². The quantitative estimate of drug-likeness (QED) is 0.644. The van der Waals surface area contributed by atoms with E-state index in [4.69, 9.17) is 9.47 Å². The third-order valence-corrected chi connectivity index (χ3v) is 5.49. The van der Waals surface area contributed by atoms with Crippen LogP contribution in [0.4, 0.5) is 0 Å². The highest BCUT2D eigenvalue weighted by Crippen LogP contribution is 2.29. The Labute approximate surface area is 180 Å². The number of carbonyl (C=O) groups excluding carboxylic acids is 1. The SMILES string of the molecule is COc1cc(C(=O)N2CCCN(Cc3ccccc3)CC2)ccc1OCCC(C)C. The van der Waals surface area contributed by atoms with Gasteiger partial charge in [0.2, 0.25) is 0 Å². The normalized spacial score (nSPS) is 15.1. The molecule has 30 heavy (non-hydrogen) atoms. The highest BCUT2D eigenvalue weighted by Gasteiger charge is 2.21. The summed E-state index contributed by atoms with van der Waals surface area (Å²) in [6.07, 6.45) is 1.96. The Morgan fingerprint density at radius 1 is 1.00 bits per heavy atom. The van der Waals surface area contributed by atoms with Crippen LogP contribution in [-0.4, -0.2) is 55.6 Å². The Hall–Kier alpha value is -2.53. The lowest BCUT2D eigenvalue weighted by Crippen LogP contribution is -2.35. The standard InChI is InChI=1S/C25H34N2O3/c1-20(2)12-17-30-23-11-10-22(18-24(23)29-3)25(28)27-14-7-13-26(15-16-27)19-21-8-5-4-6-9-21/h4-6,8-11,18,20H,7,12-17,19H2,1-3H3. The lowest BCUT2D eigenvalue weighted by atomic mass is 10.1. The van der Waals surface area contributed by atoms with E-state index in [2.05, 4.69) is 43.0 Å². The van der Waals surface area contributed by atoms with E-state index in [9.17, 15) is 4.79 Å². The summed E-state index contributed by atoms with van der Waals surface area (Å²) in [5.41, 5.74) is 1.97. The summed E-state index contributed by atoms with van der Waals surface area (Å²) in [6.45, 7) is 9.32. The van der Waals surface area contributed by atoms with Crippen molar-refractivity contribution in [2.75, 3.05) is 39.9 Å². The van der Waals surface area contributed by atoms with E-state index in [1.165, 1.54) is 5.56 Å². The van der Waals surface area contributed by atoms with Crippen molar-refractivity contribution in [3.05, 3.63) is 59.7 Å². The van der Waals surface area contributed by atoms with E-state index in [0.29, 0.717) is 29.6 Å². The molecule has 5 heteroatoms. The molecule has 1 heterocycles. The second-order valence-electron chi connectivity index (χ2n) is 8.30. The van der Waals surface area contributed by atoms with Gasteiger partial charge in [0.15, 0.2) is 11.5 Å². The van der Waals surface area contributed by atoms with Crippen LogP contribution >= 0.6 is 0 Å². The average Bonchev–Trinajstić information content (AvgIpc) is 2.99. The van der Waals surface area contributed by atoms with Crippen molar-refractivity contribution in [1.82, 2.24) is 9.80 Å². The Balaban J connectivity index is 1.60. The first-order valence-corrected chi connectivity index (χ1v) is 10.9. The number of nitrogens with zero attached hydrogens (tertiary/aromatic N) is 2. The lowest BCUT2D eigenvalue weighted by Gasteiger charge is -2.22. The van der Waals surface area contributed by atoms with Crippen LogP contribution in [0.1, 0.15) is 42.6 Å². The first-order valence-electron chi connectivity index (χ1n) is 10.9. The first-order chi connectivity index (χ1) is 14.6. The number of carbonyl (C=O) groups is 1. The van der Waals surface area contributed by atoms with Gasteiger partial charge in [-0.2, -0.15) is 0 Å². The fourth-order valence-electron chi connectivity index (χ4n) is 3.68. The molecule has 2 aromatic carbocycles. The molecule has 1 fully saturated rings. The maximum atomic E-state index is 13.1. The smallest absolute Gasteiger partial charge is 0.254 e. The molecule has 0 N–H and O–H groups in total. The minimum atomic E-state index is 0.0589. The number of hydrogen-bond donors (Lipinski definition) is 0. The third-order valence-electron chi connectivity index (χ3n) is 5.49. The van der Waals surface area contributed by atoms with Crippen molar-refractivity contribution in [3.63, 3.8) is 0 Å². The molecular weight excluding hydrogens is 376 g/mol. The van der Waals surface area contributed by atoms with Crippen LogP contribution < -0.4 is 9.47 Å². The molecule has 0 unspecified atom stereocenters. The van der Waals surface area contributed by atoms with Crippen molar-refractivity contribution in [2.45, 2.75) is 33.2 Å². The molecule has 0 aliphatic carbocycles. The second kappa shape index (κ2) is 11.0. The van der Waals surface area contributed by atoms with E-state index < -0.39 is 0 Å². The summed E-state index contributed by atoms with van der Waals surface area (Å²) < 4.78 is 11.3. The topological polar surface area (TPSA) is 42.0 Å². The molecule has 3 rings (SSSR count). The summed E-state index contributed by atoms with van der Waals surface area (Å²) >= 11 is 0. The van der Waals surface area contributed by atoms with Crippen LogP contribution in [0, 0.1) is 5.92 Å². The molecule has 0 bridgehead atoms. The van der Waals surface area contributed by atoms with E-state index in [-0.39, 0.29) is 5.91 Å². The highest BCUT2D eigenvalue weighted by atomic mass is 16.5. The second-order valence-corrected chi connectivity index (χ2v) is 8.30. The Kier molecular flexibility index (Phi) is 8.14. The Morgan fingerprint density at radius 3 is 2.53 bits per heavy atom. The summed E-state index contributed by atoms with van der Waals surface area (Å²) in [5.74, 6) is 1.95. The predicted molar refractivity (Wildman–Crippen MR) is 120 cm³/mol. The molecule has 0 radical (unpaired) electrons. The van der Waals surface area contributed by atoms with Gasteiger partial charge in [-0.15, -0.1) is 0 Å². The number of hydrogen-bond acceptors (Lipinski definition) is 4. The molecule has 0 spiro atoms. The summed E-state index contributed by atoms with van der Waals surface area (Å²) in [6, 6.07) is 16.0. The minimum absolute atomic E-state index is 0.0589. The van der Waals surface area contributed by atoms with Crippen LogP contribution in [0.25, 0.3) is 0 Å². The molecule has 2 aromatic rings. The molecule has 0 atom stereocenters. The zero-order chi connectivity index (χ0) is 21.3. The Morgan fingerprint density at radius 2 is 1.80 bits per heavy atom. The molecule has 1 amide bonds. The summed E-state index contributed by atoms with van der Waals surface area (Å²) in [4.78, 5) is 17.5. The van der Waals surface area contributed by atoms with E-state index in [1.54, 1.807) is 13.2 Å². The van der Waals surface area contributed by atoms with Gasteiger partial charge in [-0.25, -0.2) is 0 Å². The molecule has 5 nitrogen and oxygen atoms in total. The van der Waals surface area contributed by atoms with Crippen molar-refractivity contribution in [3.8, 4) is 11.5 Å². The van der Waals surface area contributed by atoms with Crippen LogP contribution in [0.2, 0.25) is 0 Å². The largest absolute Gasteiger partial charge is 0.493 e. The number of ether oxygens (including phenoxy) is 2. The van der Waals surface area contributed by atoms with Gasteiger partial charge in [0.05, 0.1) is 13.7 Å². The molecule has 1 aliphatic rings. The molecule has 0 saturated carbocycles. The van der Waals surface area contributed by atoms with Crippen LogP contribution in [0.15, 0.2) is 48.5 Å². The average molecular weight is 411 g/mol. The maximum absolute atomic E-state index is 13.1. The monoisotopic (exact) mass is 410 g/mol. The van der Waals surface area contributed by atoms with Crippen molar-refractivity contribution >= 4 is 5.91 Å².